The van der Waals surface area contributed by atoms with Gasteiger partial charge in [0, 0.05) is 0 Å². The number of Topliss-reactive ketones (excluding diaryl/α,β-unsaturated/α-hetero) is 6. The van der Waals surface area contributed by atoms with Crippen LogP contribution in [0.1, 0.15) is 93.9 Å². The molecule has 0 aromatic carbocycles. The topological polar surface area (TPSA) is 138 Å². The minimum atomic E-state index is -6.09. The van der Waals surface area contributed by atoms with E-state index >= 15 is 3.32 Å². The molecule has 0 radical (unpaired) electrons. The monoisotopic (exact) mass is 520 g/mol. The van der Waals surface area contributed by atoms with Crippen LogP contribution in [0.5, 0.6) is 0 Å². The molecule has 9 nitrogen and oxygen atoms in total. The van der Waals surface area contributed by atoms with Crippen molar-refractivity contribution in [3.8, 4) is 0 Å². The van der Waals surface area contributed by atoms with Gasteiger partial charge >= 0.3 is 204 Å². The summed E-state index contributed by atoms with van der Waals surface area (Å²) in [5.41, 5.74) is 0. The van der Waals surface area contributed by atoms with Crippen molar-refractivity contribution in [2.24, 2.45) is 0 Å². The van der Waals surface area contributed by atoms with Crippen molar-refractivity contribution in [3.05, 3.63) is 0 Å². The predicted octanol–water partition coefficient (Wildman–Crippen LogP) is 4.11. The Bertz CT molecular complexity index is 800. The summed E-state index contributed by atoms with van der Waals surface area (Å²) in [5.74, 6) is -4.42. The fourth-order valence-corrected chi connectivity index (χ4v) is 13.6. The van der Waals surface area contributed by atoms with Crippen molar-refractivity contribution in [1.29, 1.82) is 0 Å². The van der Waals surface area contributed by atoms with Crippen LogP contribution in [0.4, 0.5) is 0 Å². The van der Waals surface area contributed by atoms with E-state index in [9.17, 15) is 28.8 Å². The third-order valence-corrected chi connectivity index (χ3v) is 15.1. The molecule has 0 amide bonds. The molecule has 0 aromatic rings. The first kappa shape index (κ1) is 32.5. The molecule has 0 aliphatic carbocycles. The van der Waals surface area contributed by atoms with Crippen LogP contribution in [0, 0.1) is 0 Å². The van der Waals surface area contributed by atoms with E-state index < -0.39 is 97.1 Å². The van der Waals surface area contributed by atoms with Gasteiger partial charge in [-0.2, -0.15) is 0 Å². The molecular weight excluding hydrogens is 480 g/mol. The standard InChI is InChI=1S/2C9H13O3.2C3H7O.O.Ti/c2*1-3-4-5-8(11)9(12)6-7(2)10;2*1-3(2)4;;/h2*4H,3,5-6H2,1-2H3;2*3H,1-2H3;;/q;;2*-1;;+2. The average molecular weight is 520 g/mol. The summed E-state index contributed by atoms with van der Waals surface area (Å²) in [6.07, 6.45) is -2.96. The van der Waals surface area contributed by atoms with Crippen LogP contribution < -0.4 is 0 Å². The van der Waals surface area contributed by atoms with Crippen LogP contribution in [0.15, 0.2) is 0 Å². The molecule has 2 atom stereocenters. The first-order valence-corrected chi connectivity index (χ1v) is 15.6. The fourth-order valence-electron chi connectivity index (χ4n) is 4.39. The average Bonchev–Trinajstić information content (AvgIpc) is 2.67. The molecule has 0 heterocycles. The summed E-state index contributed by atoms with van der Waals surface area (Å²) in [4.78, 5) is 72.5. The second-order valence-corrected chi connectivity index (χ2v) is 16.3. The Morgan fingerprint density at radius 3 is 1.12 bits per heavy atom. The molecule has 0 aliphatic heterocycles. The number of hydrogen-bond acceptors (Lipinski definition) is 9. The van der Waals surface area contributed by atoms with E-state index in [1.165, 1.54) is 13.8 Å². The van der Waals surface area contributed by atoms with Gasteiger partial charge in [0.15, 0.2) is 0 Å². The molecular formula is C24H40O9Ti. The molecule has 194 valence electrons. The third kappa shape index (κ3) is 8.91. The summed E-state index contributed by atoms with van der Waals surface area (Å²) in [6, 6.07) is 0. The molecule has 0 aromatic heterocycles. The molecule has 0 saturated carbocycles. The molecule has 0 bridgehead atoms. The van der Waals surface area contributed by atoms with Gasteiger partial charge in [-0.3, -0.25) is 0 Å². The molecule has 0 fully saturated rings. The van der Waals surface area contributed by atoms with E-state index in [0.717, 1.165) is 0 Å². The second kappa shape index (κ2) is 13.5. The zero-order valence-corrected chi connectivity index (χ0v) is 23.3. The fraction of sp³-hybridized carbons (Fsp3) is 0.750. The van der Waals surface area contributed by atoms with E-state index in [0.29, 0.717) is 0 Å². The predicted molar refractivity (Wildman–Crippen MR) is 121 cm³/mol. The maximum atomic E-state index is 15.2. The molecule has 0 spiro atoms. The van der Waals surface area contributed by atoms with Crippen LogP contribution in [0.25, 0.3) is 0 Å². The van der Waals surface area contributed by atoms with Gasteiger partial charge in [0.25, 0.3) is 0 Å². The van der Waals surface area contributed by atoms with Gasteiger partial charge in [-0.05, 0) is 0 Å². The van der Waals surface area contributed by atoms with Crippen LogP contribution in [0.3, 0.4) is 0 Å². The van der Waals surface area contributed by atoms with E-state index in [2.05, 4.69) is 0 Å². The van der Waals surface area contributed by atoms with Crippen molar-refractivity contribution in [1.82, 2.24) is 0 Å². The van der Waals surface area contributed by atoms with E-state index in [-0.39, 0.29) is 12.8 Å². The van der Waals surface area contributed by atoms with E-state index in [4.69, 9.17) is 6.64 Å². The van der Waals surface area contributed by atoms with Gasteiger partial charge in [0.1, 0.15) is 0 Å². The first-order valence-electron chi connectivity index (χ1n) is 11.9. The van der Waals surface area contributed by atoms with Gasteiger partial charge in [-0.15, -0.1) is 0 Å². The zero-order valence-electron chi connectivity index (χ0n) is 21.7. The number of rotatable bonds is 18. The van der Waals surface area contributed by atoms with Crippen LogP contribution in [-0.2, 0) is 54.8 Å². The quantitative estimate of drug-likeness (QED) is 0.148. The number of carbonyl (C=O) groups excluding carboxylic acids is 6. The Morgan fingerprint density at radius 2 is 0.912 bits per heavy atom. The Kier molecular flexibility index (Phi) is 12.9. The van der Waals surface area contributed by atoms with Crippen molar-refractivity contribution in [2.75, 3.05) is 0 Å². The summed E-state index contributed by atoms with van der Waals surface area (Å²) in [5, 5.41) is 0. The van der Waals surface area contributed by atoms with Crippen molar-refractivity contribution in [2.45, 2.75) is 115 Å². The maximum absolute atomic E-state index is 15.2. The van der Waals surface area contributed by atoms with E-state index in [1.54, 1.807) is 41.5 Å². The molecule has 10 heteroatoms. The normalized spacial score (nSPS) is 14.1. The van der Waals surface area contributed by atoms with Gasteiger partial charge in [-0.25, -0.2) is 0 Å². The Morgan fingerprint density at radius 1 is 0.618 bits per heavy atom. The van der Waals surface area contributed by atoms with Crippen LogP contribution in [-0.4, -0.2) is 46.9 Å². The molecule has 0 aliphatic rings. The second-order valence-electron chi connectivity index (χ2n) is 9.53. The summed E-state index contributed by atoms with van der Waals surface area (Å²) in [7, 11) is 0. The summed E-state index contributed by atoms with van der Waals surface area (Å²) < 4.78 is 25.4. The molecule has 2 unspecified atom stereocenters. The minimum absolute atomic E-state index is 0.144. The van der Waals surface area contributed by atoms with Gasteiger partial charge in [0.05, 0.1) is 0 Å². The third-order valence-electron chi connectivity index (χ3n) is 5.70. The van der Waals surface area contributed by atoms with Gasteiger partial charge < -0.3 is 0 Å². The SMILES string of the molecule is CC[CH](CC(=O)C(=O)CC(C)=O)[Ti](=[O])([O]C(C)C)([O]C(C)C)[CH](CC)CC(=O)C(=O)CC(C)=O. The van der Waals surface area contributed by atoms with Crippen molar-refractivity contribution >= 4 is 34.7 Å². The number of hydrogen-bond donors (Lipinski definition) is 0. The first-order chi connectivity index (χ1) is 15.5. The summed E-state index contributed by atoms with van der Waals surface area (Å²) >= 11 is -6.09. The Hall–Kier alpha value is -1.55. The van der Waals surface area contributed by atoms with Gasteiger partial charge in [0.2, 0.25) is 0 Å². The molecule has 0 N–H and O–H groups in total. The molecule has 0 rings (SSSR count). The molecule has 0 saturated heterocycles. The van der Waals surface area contributed by atoms with Gasteiger partial charge in [-0.1, -0.05) is 0 Å². The summed E-state index contributed by atoms with van der Waals surface area (Å²) in [6.45, 7) is 12.3. The Balaban J connectivity index is 6.65. The van der Waals surface area contributed by atoms with Crippen molar-refractivity contribution in [3.63, 3.8) is 0 Å². The number of carbonyl (C=O) groups is 6. The zero-order chi connectivity index (χ0) is 26.9. The van der Waals surface area contributed by atoms with Crippen molar-refractivity contribution < 1.29 is 54.8 Å². The van der Waals surface area contributed by atoms with Crippen LogP contribution >= 0.6 is 0 Å². The Labute approximate surface area is 203 Å². The number of ketones is 6. The molecule has 34 heavy (non-hydrogen) atoms. The van der Waals surface area contributed by atoms with Crippen LogP contribution in [0.2, 0.25) is 8.45 Å². The van der Waals surface area contributed by atoms with E-state index in [1.807, 2.05) is 0 Å².